The summed E-state index contributed by atoms with van der Waals surface area (Å²) in [5.74, 6) is 0. The molecule has 2 heteroatoms. The van der Waals surface area contributed by atoms with E-state index in [0.29, 0.717) is 0 Å². The molecule has 0 aliphatic rings. The number of hydrogen-bond donors (Lipinski definition) is 2. The van der Waals surface area contributed by atoms with E-state index in [1.54, 1.807) is 0 Å². The molecule has 0 unspecified atom stereocenters. The number of nitrogen functional groups attached to an aromatic ring is 2. The zero-order valence-electron chi connectivity index (χ0n) is 7.39. The zero-order valence-corrected chi connectivity index (χ0v) is 7.39. The van der Waals surface area contributed by atoms with Gasteiger partial charge >= 0.3 is 0 Å². The molecule has 1 aromatic rings. The smallest absolute Gasteiger partial charge is 0.0364 e. The second-order valence-electron chi connectivity index (χ2n) is 2.06. The Morgan fingerprint density at radius 2 is 1.36 bits per heavy atom. The first-order valence-electron chi connectivity index (χ1n) is 3.82. The Balaban J connectivity index is 0.000000461. The van der Waals surface area contributed by atoms with E-state index in [2.05, 4.69) is 0 Å². The van der Waals surface area contributed by atoms with Gasteiger partial charge in [-0.1, -0.05) is 19.9 Å². The van der Waals surface area contributed by atoms with Gasteiger partial charge in [0.25, 0.3) is 0 Å². The Labute approximate surface area is 68.2 Å². The molecule has 11 heavy (non-hydrogen) atoms. The van der Waals surface area contributed by atoms with E-state index in [1.807, 2.05) is 39.0 Å². The molecule has 0 fully saturated rings. The fourth-order valence-electron chi connectivity index (χ4n) is 0.672. The molecule has 0 amide bonds. The van der Waals surface area contributed by atoms with E-state index in [-0.39, 0.29) is 0 Å². The van der Waals surface area contributed by atoms with Gasteiger partial charge < -0.3 is 11.5 Å². The third-order valence-electron chi connectivity index (χ3n) is 1.42. The van der Waals surface area contributed by atoms with Crippen molar-refractivity contribution >= 4 is 11.4 Å². The van der Waals surface area contributed by atoms with Crippen LogP contribution in [0.5, 0.6) is 0 Å². The van der Waals surface area contributed by atoms with Crippen LogP contribution in [-0.2, 0) is 0 Å². The molecule has 0 radical (unpaired) electrons. The highest BCUT2D eigenvalue weighted by atomic mass is 14.6. The molecule has 1 rings (SSSR count). The Morgan fingerprint density at radius 3 is 1.64 bits per heavy atom. The van der Waals surface area contributed by atoms with Gasteiger partial charge in [0.05, 0.1) is 0 Å². The minimum Gasteiger partial charge on any atom is -0.398 e. The van der Waals surface area contributed by atoms with Crippen molar-refractivity contribution in [2.24, 2.45) is 0 Å². The predicted octanol–water partition coefficient (Wildman–Crippen LogP) is 2.19. The van der Waals surface area contributed by atoms with Crippen molar-refractivity contribution in [3.63, 3.8) is 0 Å². The van der Waals surface area contributed by atoms with Crippen molar-refractivity contribution in [1.29, 1.82) is 0 Å². The van der Waals surface area contributed by atoms with Gasteiger partial charge in [0, 0.05) is 11.4 Å². The molecular weight excluding hydrogens is 136 g/mol. The second-order valence-corrected chi connectivity index (χ2v) is 2.06. The lowest BCUT2D eigenvalue weighted by atomic mass is 10.2. The SMILES string of the molecule is CC.Cc1c(N)cccc1N. The van der Waals surface area contributed by atoms with E-state index in [1.165, 1.54) is 0 Å². The zero-order chi connectivity index (χ0) is 8.85. The molecule has 0 aromatic heterocycles. The van der Waals surface area contributed by atoms with E-state index in [0.717, 1.165) is 16.9 Å². The number of rotatable bonds is 0. The Hall–Kier alpha value is -1.18. The van der Waals surface area contributed by atoms with E-state index in [9.17, 15) is 0 Å². The van der Waals surface area contributed by atoms with Crippen LogP contribution >= 0.6 is 0 Å². The van der Waals surface area contributed by atoms with Crippen molar-refractivity contribution in [3.8, 4) is 0 Å². The lowest BCUT2D eigenvalue weighted by molar-refractivity contribution is 1.47. The van der Waals surface area contributed by atoms with Crippen molar-refractivity contribution in [3.05, 3.63) is 23.8 Å². The van der Waals surface area contributed by atoms with Crippen molar-refractivity contribution in [1.82, 2.24) is 0 Å². The first kappa shape index (κ1) is 9.82. The summed E-state index contributed by atoms with van der Waals surface area (Å²) in [5, 5.41) is 0. The van der Waals surface area contributed by atoms with Gasteiger partial charge in [-0.15, -0.1) is 0 Å². The van der Waals surface area contributed by atoms with Gasteiger partial charge in [0.2, 0.25) is 0 Å². The Kier molecular flexibility index (Phi) is 4.11. The first-order chi connectivity index (χ1) is 5.22. The maximum atomic E-state index is 5.54. The van der Waals surface area contributed by atoms with E-state index < -0.39 is 0 Å². The first-order valence-corrected chi connectivity index (χ1v) is 3.82. The van der Waals surface area contributed by atoms with Gasteiger partial charge in [0.1, 0.15) is 0 Å². The van der Waals surface area contributed by atoms with Crippen LogP contribution < -0.4 is 11.5 Å². The monoisotopic (exact) mass is 152 g/mol. The van der Waals surface area contributed by atoms with Crippen molar-refractivity contribution in [2.75, 3.05) is 11.5 Å². The minimum absolute atomic E-state index is 0.759. The molecule has 4 N–H and O–H groups in total. The van der Waals surface area contributed by atoms with Crippen LogP contribution in [0.4, 0.5) is 11.4 Å². The average molecular weight is 152 g/mol. The Bertz CT molecular complexity index is 199. The molecule has 0 bridgehead atoms. The Morgan fingerprint density at radius 1 is 1.00 bits per heavy atom. The fourth-order valence-corrected chi connectivity index (χ4v) is 0.672. The summed E-state index contributed by atoms with van der Waals surface area (Å²) in [4.78, 5) is 0. The topological polar surface area (TPSA) is 52.0 Å². The third kappa shape index (κ3) is 2.50. The molecule has 0 spiro atoms. The van der Waals surface area contributed by atoms with Gasteiger partial charge in [-0.25, -0.2) is 0 Å². The highest BCUT2D eigenvalue weighted by Crippen LogP contribution is 2.16. The molecule has 0 atom stereocenters. The maximum absolute atomic E-state index is 5.54. The summed E-state index contributed by atoms with van der Waals surface area (Å²) in [6.45, 7) is 5.91. The second kappa shape index (κ2) is 4.61. The summed E-state index contributed by atoms with van der Waals surface area (Å²) < 4.78 is 0. The molecule has 62 valence electrons. The predicted molar refractivity (Wildman–Crippen MR) is 51.4 cm³/mol. The standard InChI is InChI=1S/C7H10N2.C2H6/c1-5-6(8)3-2-4-7(5)9;1-2/h2-4H,8-9H2,1H3;1-2H3. The summed E-state index contributed by atoms with van der Waals surface area (Å²) in [5.41, 5.74) is 13.6. The quantitative estimate of drug-likeness (QED) is 0.560. The van der Waals surface area contributed by atoms with Crippen LogP contribution in [-0.4, -0.2) is 0 Å². The molecule has 0 aliphatic heterocycles. The summed E-state index contributed by atoms with van der Waals surface area (Å²) >= 11 is 0. The number of nitrogens with two attached hydrogens (primary N) is 2. The summed E-state index contributed by atoms with van der Waals surface area (Å²) in [6.07, 6.45) is 0. The highest BCUT2D eigenvalue weighted by molar-refractivity contribution is 5.59. The highest BCUT2D eigenvalue weighted by Gasteiger charge is 1.93. The summed E-state index contributed by atoms with van der Waals surface area (Å²) in [7, 11) is 0. The molecular formula is C9H16N2. The van der Waals surface area contributed by atoms with Gasteiger partial charge in [-0.3, -0.25) is 0 Å². The normalized spacial score (nSPS) is 8.27. The van der Waals surface area contributed by atoms with E-state index >= 15 is 0 Å². The van der Waals surface area contributed by atoms with Gasteiger partial charge in [-0.05, 0) is 24.6 Å². The molecule has 0 saturated heterocycles. The van der Waals surface area contributed by atoms with Gasteiger partial charge in [-0.2, -0.15) is 0 Å². The molecule has 0 saturated carbocycles. The van der Waals surface area contributed by atoms with Crippen LogP contribution in [0.15, 0.2) is 18.2 Å². The van der Waals surface area contributed by atoms with E-state index in [4.69, 9.17) is 11.5 Å². The van der Waals surface area contributed by atoms with Crippen LogP contribution in [0.3, 0.4) is 0 Å². The minimum atomic E-state index is 0.759. The van der Waals surface area contributed by atoms with Crippen LogP contribution in [0.2, 0.25) is 0 Å². The lowest BCUT2D eigenvalue weighted by Crippen LogP contribution is -1.94. The molecule has 0 heterocycles. The van der Waals surface area contributed by atoms with Crippen molar-refractivity contribution in [2.45, 2.75) is 20.8 Å². The van der Waals surface area contributed by atoms with Crippen LogP contribution in [0.1, 0.15) is 19.4 Å². The van der Waals surface area contributed by atoms with Gasteiger partial charge in [0.15, 0.2) is 0 Å². The number of hydrogen-bond acceptors (Lipinski definition) is 2. The maximum Gasteiger partial charge on any atom is 0.0364 e. The van der Waals surface area contributed by atoms with Crippen molar-refractivity contribution < 1.29 is 0 Å². The number of anilines is 2. The van der Waals surface area contributed by atoms with Crippen LogP contribution in [0, 0.1) is 6.92 Å². The third-order valence-corrected chi connectivity index (χ3v) is 1.42. The lowest BCUT2D eigenvalue weighted by Gasteiger charge is -2.00. The molecule has 2 nitrogen and oxygen atoms in total. The fraction of sp³-hybridized carbons (Fsp3) is 0.333. The number of benzene rings is 1. The average Bonchev–Trinajstić information content (AvgIpc) is 2.04. The molecule has 0 aliphatic carbocycles. The summed E-state index contributed by atoms with van der Waals surface area (Å²) in [6, 6.07) is 5.52. The van der Waals surface area contributed by atoms with Crippen LogP contribution in [0.25, 0.3) is 0 Å². The largest absolute Gasteiger partial charge is 0.398 e. The molecule has 1 aromatic carbocycles.